The second kappa shape index (κ2) is 4.89. The standard InChI is InChI=1S/C15H30N2/c1-5-13-10-16-15(4,6-2)12-17(13)11-14(3)8-7-9-14/h13,16H,5-12H2,1-4H3. The van der Waals surface area contributed by atoms with Gasteiger partial charge < -0.3 is 5.32 Å². The zero-order valence-corrected chi connectivity index (χ0v) is 12.2. The predicted octanol–water partition coefficient (Wildman–Crippen LogP) is 3.03. The first-order valence-electron chi connectivity index (χ1n) is 7.49. The molecule has 2 nitrogen and oxygen atoms in total. The van der Waals surface area contributed by atoms with Crippen LogP contribution in [0.3, 0.4) is 0 Å². The van der Waals surface area contributed by atoms with E-state index < -0.39 is 0 Å². The highest BCUT2D eigenvalue weighted by Crippen LogP contribution is 2.41. The lowest BCUT2D eigenvalue weighted by molar-refractivity contribution is 0.0144. The Morgan fingerprint density at radius 3 is 2.41 bits per heavy atom. The van der Waals surface area contributed by atoms with Crippen LogP contribution in [-0.2, 0) is 0 Å². The van der Waals surface area contributed by atoms with E-state index in [0.29, 0.717) is 11.0 Å². The molecule has 2 unspecified atom stereocenters. The minimum absolute atomic E-state index is 0.339. The fourth-order valence-electron chi connectivity index (χ4n) is 3.38. The second-order valence-electron chi connectivity index (χ2n) is 6.93. The van der Waals surface area contributed by atoms with Crippen molar-refractivity contribution in [2.75, 3.05) is 19.6 Å². The maximum Gasteiger partial charge on any atom is 0.0278 e. The number of rotatable bonds is 4. The van der Waals surface area contributed by atoms with Crippen molar-refractivity contribution >= 4 is 0 Å². The molecule has 1 saturated heterocycles. The molecular weight excluding hydrogens is 208 g/mol. The van der Waals surface area contributed by atoms with Crippen molar-refractivity contribution in [3.05, 3.63) is 0 Å². The Kier molecular flexibility index (Phi) is 3.84. The van der Waals surface area contributed by atoms with Gasteiger partial charge in [-0.25, -0.2) is 0 Å². The average Bonchev–Trinajstić information content (AvgIpc) is 2.27. The predicted molar refractivity (Wildman–Crippen MR) is 74.3 cm³/mol. The Labute approximate surface area is 107 Å². The summed E-state index contributed by atoms with van der Waals surface area (Å²) in [5.41, 5.74) is 0.963. The van der Waals surface area contributed by atoms with Crippen molar-refractivity contribution in [3.63, 3.8) is 0 Å². The van der Waals surface area contributed by atoms with Gasteiger partial charge in [0.1, 0.15) is 0 Å². The van der Waals surface area contributed by atoms with Gasteiger partial charge in [0.15, 0.2) is 0 Å². The minimum Gasteiger partial charge on any atom is -0.309 e. The van der Waals surface area contributed by atoms with Crippen LogP contribution in [0.4, 0.5) is 0 Å². The lowest BCUT2D eigenvalue weighted by Gasteiger charge is -2.51. The van der Waals surface area contributed by atoms with Crippen LogP contribution in [-0.4, -0.2) is 36.1 Å². The van der Waals surface area contributed by atoms with Crippen LogP contribution < -0.4 is 5.32 Å². The van der Waals surface area contributed by atoms with Crippen molar-refractivity contribution in [1.82, 2.24) is 10.2 Å². The maximum atomic E-state index is 3.76. The third-order valence-corrected chi connectivity index (χ3v) is 5.23. The summed E-state index contributed by atoms with van der Waals surface area (Å²) in [6, 6.07) is 0.757. The van der Waals surface area contributed by atoms with Crippen LogP contribution in [0.2, 0.25) is 0 Å². The summed E-state index contributed by atoms with van der Waals surface area (Å²) in [7, 11) is 0. The number of nitrogens with one attached hydrogen (secondary N) is 1. The number of hydrogen-bond acceptors (Lipinski definition) is 2. The molecule has 2 rings (SSSR count). The van der Waals surface area contributed by atoms with E-state index in [1.807, 2.05) is 0 Å². The molecule has 1 saturated carbocycles. The first-order chi connectivity index (χ1) is 8.00. The number of nitrogens with zero attached hydrogens (tertiary/aromatic N) is 1. The molecule has 0 aromatic rings. The molecule has 1 aliphatic carbocycles. The molecule has 2 aliphatic rings. The first-order valence-corrected chi connectivity index (χ1v) is 7.49. The molecule has 0 aromatic heterocycles. The summed E-state index contributed by atoms with van der Waals surface area (Å²) >= 11 is 0. The van der Waals surface area contributed by atoms with Gasteiger partial charge in [0.2, 0.25) is 0 Å². The molecule has 0 aromatic carbocycles. The SMILES string of the molecule is CCC1CNC(C)(CC)CN1CC1(C)CCC1. The van der Waals surface area contributed by atoms with Crippen LogP contribution in [0, 0.1) is 5.41 Å². The molecule has 1 aliphatic heterocycles. The van der Waals surface area contributed by atoms with Gasteiger partial charge >= 0.3 is 0 Å². The van der Waals surface area contributed by atoms with E-state index in [2.05, 4.69) is 37.9 Å². The molecule has 1 N–H and O–H groups in total. The zero-order valence-electron chi connectivity index (χ0n) is 12.2. The molecule has 100 valence electrons. The van der Waals surface area contributed by atoms with Gasteiger partial charge in [-0.05, 0) is 38.0 Å². The molecule has 0 spiro atoms. The van der Waals surface area contributed by atoms with E-state index >= 15 is 0 Å². The van der Waals surface area contributed by atoms with Gasteiger partial charge in [-0.1, -0.05) is 27.2 Å². The monoisotopic (exact) mass is 238 g/mol. The van der Waals surface area contributed by atoms with E-state index in [9.17, 15) is 0 Å². The fourth-order valence-corrected chi connectivity index (χ4v) is 3.38. The molecular formula is C15H30N2. The van der Waals surface area contributed by atoms with Crippen LogP contribution in [0.1, 0.15) is 59.8 Å². The van der Waals surface area contributed by atoms with E-state index in [1.165, 1.54) is 51.7 Å². The smallest absolute Gasteiger partial charge is 0.0278 e. The Bertz CT molecular complexity index is 258. The van der Waals surface area contributed by atoms with E-state index in [1.54, 1.807) is 0 Å². The molecule has 0 amide bonds. The lowest BCUT2D eigenvalue weighted by Crippen LogP contribution is -2.64. The highest BCUT2D eigenvalue weighted by Gasteiger charge is 2.39. The molecule has 2 fully saturated rings. The third kappa shape index (κ3) is 2.85. The Hall–Kier alpha value is -0.0800. The van der Waals surface area contributed by atoms with E-state index in [-0.39, 0.29) is 0 Å². The average molecular weight is 238 g/mol. The van der Waals surface area contributed by atoms with Gasteiger partial charge in [-0.2, -0.15) is 0 Å². The van der Waals surface area contributed by atoms with Crippen LogP contribution in [0.15, 0.2) is 0 Å². The van der Waals surface area contributed by atoms with Crippen molar-refractivity contribution in [2.24, 2.45) is 5.41 Å². The highest BCUT2D eigenvalue weighted by molar-refractivity contribution is 4.97. The summed E-state index contributed by atoms with van der Waals surface area (Å²) in [6.45, 7) is 13.2. The van der Waals surface area contributed by atoms with Gasteiger partial charge in [0.05, 0.1) is 0 Å². The zero-order chi connectivity index (χ0) is 12.5. The molecule has 1 heterocycles. The molecule has 2 atom stereocenters. The summed E-state index contributed by atoms with van der Waals surface area (Å²) in [5, 5.41) is 3.76. The Morgan fingerprint density at radius 1 is 1.24 bits per heavy atom. The highest BCUT2D eigenvalue weighted by atomic mass is 15.3. The van der Waals surface area contributed by atoms with Crippen molar-refractivity contribution in [2.45, 2.75) is 71.4 Å². The second-order valence-corrected chi connectivity index (χ2v) is 6.93. The van der Waals surface area contributed by atoms with Gasteiger partial charge in [0.25, 0.3) is 0 Å². The maximum absolute atomic E-state index is 3.76. The molecule has 17 heavy (non-hydrogen) atoms. The van der Waals surface area contributed by atoms with Crippen LogP contribution in [0.5, 0.6) is 0 Å². The summed E-state index contributed by atoms with van der Waals surface area (Å²) in [5.74, 6) is 0. The van der Waals surface area contributed by atoms with Crippen LogP contribution >= 0.6 is 0 Å². The first kappa shape index (κ1) is 13.4. The van der Waals surface area contributed by atoms with Crippen molar-refractivity contribution in [3.8, 4) is 0 Å². The molecule has 0 bridgehead atoms. The molecule has 2 heteroatoms. The number of piperazine rings is 1. The summed E-state index contributed by atoms with van der Waals surface area (Å²) in [6.07, 6.45) is 6.84. The van der Waals surface area contributed by atoms with Gasteiger partial charge in [-0.3, -0.25) is 4.90 Å². The summed E-state index contributed by atoms with van der Waals surface area (Å²) < 4.78 is 0. The Balaban J connectivity index is 1.99. The minimum atomic E-state index is 0.339. The quantitative estimate of drug-likeness (QED) is 0.810. The summed E-state index contributed by atoms with van der Waals surface area (Å²) in [4.78, 5) is 2.78. The van der Waals surface area contributed by atoms with Gasteiger partial charge in [-0.15, -0.1) is 0 Å². The van der Waals surface area contributed by atoms with E-state index in [0.717, 1.165) is 6.04 Å². The lowest BCUT2D eigenvalue weighted by atomic mass is 9.69. The number of hydrogen-bond donors (Lipinski definition) is 1. The fraction of sp³-hybridized carbons (Fsp3) is 1.00. The van der Waals surface area contributed by atoms with Crippen molar-refractivity contribution in [1.29, 1.82) is 0 Å². The third-order valence-electron chi connectivity index (χ3n) is 5.23. The normalized spacial score (nSPS) is 37.8. The topological polar surface area (TPSA) is 15.3 Å². The molecule has 0 radical (unpaired) electrons. The van der Waals surface area contributed by atoms with E-state index in [4.69, 9.17) is 0 Å². The Morgan fingerprint density at radius 2 is 1.94 bits per heavy atom. The van der Waals surface area contributed by atoms with Gasteiger partial charge in [0, 0.05) is 31.2 Å². The van der Waals surface area contributed by atoms with Crippen LogP contribution in [0.25, 0.3) is 0 Å². The largest absolute Gasteiger partial charge is 0.309 e. The van der Waals surface area contributed by atoms with Crippen molar-refractivity contribution < 1.29 is 0 Å².